The molecule has 1 amide bonds. The third kappa shape index (κ3) is 3.52. The minimum absolute atomic E-state index is 0.0308. The molecule has 1 rings (SSSR count). The van der Waals surface area contributed by atoms with Crippen LogP contribution in [0.4, 0.5) is 0 Å². The second-order valence-electron chi connectivity index (χ2n) is 3.25. The third-order valence-electron chi connectivity index (χ3n) is 1.93. The number of Topliss-reactive ketones (excluding diaryl/α,β-unsaturated/α-hetero) is 1. The SMILES string of the molecule is CC(=O)CCN(O)C(=O)c1ccccc1. The summed E-state index contributed by atoms with van der Waals surface area (Å²) < 4.78 is 0. The molecule has 0 aromatic heterocycles. The van der Waals surface area contributed by atoms with Crippen LogP contribution < -0.4 is 0 Å². The number of ketones is 1. The van der Waals surface area contributed by atoms with E-state index in [9.17, 15) is 14.8 Å². The first-order valence-corrected chi connectivity index (χ1v) is 4.66. The summed E-state index contributed by atoms with van der Waals surface area (Å²) in [5.74, 6) is -0.549. The number of carbonyl (C=O) groups excluding carboxylic acids is 2. The van der Waals surface area contributed by atoms with E-state index in [-0.39, 0.29) is 18.7 Å². The zero-order valence-corrected chi connectivity index (χ0v) is 8.51. The maximum absolute atomic E-state index is 11.5. The average molecular weight is 207 g/mol. The lowest BCUT2D eigenvalue weighted by molar-refractivity contribution is -0.119. The molecule has 1 N–H and O–H groups in total. The zero-order chi connectivity index (χ0) is 11.3. The largest absolute Gasteiger partial charge is 0.300 e. The molecule has 80 valence electrons. The van der Waals surface area contributed by atoms with Crippen LogP contribution in [0.1, 0.15) is 23.7 Å². The molecule has 0 radical (unpaired) electrons. The Hall–Kier alpha value is -1.68. The van der Waals surface area contributed by atoms with Gasteiger partial charge in [-0.05, 0) is 19.1 Å². The van der Waals surface area contributed by atoms with Crippen molar-refractivity contribution in [3.05, 3.63) is 35.9 Å². The molecule has 1 aromatic carbocycles. The van der Waals surface area contributed by atoms with E-state index >= 15 is 0 Å². The van der Waals surface area contributed by atoms with Gasteiger partial charge in [0.2, 0.25) is 0 Å². The molecule has 0 unspecified atom stereocenters. The highest BCUT2D eigenvalue weighted by Gasteiger charge is 2.12. The van der Waals surface area contributed by atoms with Gasteiger partial charge in [0.1, 0.15) is 5.78 Å². The maximum Gasteiger partial charge on any atom is 0.277 e. The molecule has 0 aliphatic heterocycles. The van der Waals surface area contributed by atoms with E-state index in [1.165, 1.54) is 6.92 Å². The van der Waals surface area contributed by atoms with Crippen LogP contribution in [0.3, 0.4) is 0 Å². The summed E-state index contributed by atoms with van der Waals surface area (Å²) in [6.45, 7) is 1.45. The molecule has 0 heterocycles. The van der Waals surface area contributed by atoms with Gasteiger partial charge in [-0.15, -0.1) is 0 Å². The molecule has 0 spiro atoms. The fraction of sp³-hybridized carbons (Fsp3) is 0.273. The van der Waals surface area contributed by atoms with E-state index < -0.39 is 5.91 Å². The van der Waals surface area contributed by atoms with Crippen LogP contribution in [0.15, 0.2) is 30.3 Å². The lowest BCUT2D eigenvalue weighted by Crippen LogP contribution is -2.29. The van der Waals surface area contributed by atoms with Crippen molar-refractivity contribution in [2.45, 2.75) is 13.3 Å². The van der Waals surface area contributed by atoms with Gasteiger partial charge in [-0.1, -0.05) is 18.2 Å². The molecule has 4 heteroatoms. The summed E-state index contributed by atoms with van der Waals surface area (Å²) >= 11 is 0. The Labute approximate surface area is 88.1 Å². The number of rotatable bonds is 4. The smallest absolute Gasteiger partial charge is 0.277 e. The predicted octanol–water partition coefficient (Wildman–Crippen LogP) is 1.50. The fourth-order valence-corrected chi connectivity index (χ4v) is 1.09. The van der Waals surface area contributed by atoms with Crippen molar-refractivity contribution >= 4 is 11.7 Å². The van der Waals surface area contributed by atoms with Crippen molar-refractivity contribution in [1.82, 2.24) is 5.06 Å². The monoisotopic (exact) mass is 207 g/mol. The van der Waals surface area contributed by atoms with Crippen molar-refractivity contribution < 1.29 is 14.8 Å². The molecular formula is C11H13NO3. The average Bonchev–Trinajstić information content (AvgIpc) is 2.26. The Balaban J connectivity index is 2.57. The van der Waals surface area contributed by atoms with E-state index in [1.807, 2.05) is 0 Å². The highest BCUT2D eigenvalue weighted by molar-refractivity contribution is 5.93. The van der Waals surface area contributed by atoms with Gasteiger partial charge in [0.05, 0.1) is 6.54 Å². The number of amides is 1. The lowest BCUT2D eigenvalue weighted by Gasteiger charge is -2.13. The molecular weight excluding hydrogens is 194 g/mol. The maximum atomic E-state index is 11.5. The van der Waals surface area contributed by atoms with Crippen molar-refractivity contribution in [1.29, 1.82) is 0 Å². The summed E-state index contributed by atoms with van der Waals surface area (Å²) in [5, 5.41) is 9.92. The molecule has 0 atom stereocenters. The highest BCUT2D eigenvalue weighted by atomic mass is 16.5. The van der Waals surface area contributed by atoms with E-state index in [0.717, 1.165) is 0 Å². The first-order valence-electron chi connectivity index (χ1n) is 4.66. The normalized spacial score (nSPS) is 9.73. The highest BCUT2D eigenvalue weighted by Crippen LogP contribution is 2.03. The van der Waals surface area contributed by atoms with E-state index in [0.29, 0.717) is 10.6 Å². The first kappa shape index (κ1) is 11.4. The van der Waals surface area contributed by atoms with Gasteiger partial charge in [0.25, 0.3) is 5.91 Å². The second kappa shape index (κ2) is 5.26. The van der Waals surface area contributed by atoms with Crippen LogP contribution >= 0.6 is 0 Å². The van der Waals surface area contributed by atoms with Crippen molar-refractivity contribution in [3.63, 3.8) is 0 Å². The first-order chi connectivity index (χ1) is 7.11. The quantitative estimate of drug-likeness (QED) is 0.601. The molecule has 4 nitrogen and oxygen atoms in total. The number of hydrogen-bond acceptors (Lipinski definition) is 3. The second-order valence-corrected chi connectivity index (χ2v) is 3.25. The summed E-state index contributed by atoms with van der Waals surface area (Å²) in [6, 6.07) is 8.44. The van der Waals surface area contributed by atoms with Gasteiger partial charge >= 0.3 is 0 Å². The Bertz CT molecular complexity index is 348. The van der Waals surface area contributed by atoms with Crippen molar-refractivity contribution in [3.8, 4) is 0 Å². The molecule has 15 heavy (non-hydrogen) atoms. The Morgan fingerprint density at radius 2 is 1.87 bits per heavy atom. The van der Waals surface area contributed by atoms with Crippen LogP contribution in [0, 0.1) is 0 Å². The number of benzene rings is 1. The van der Waals surface area contributed by atoms with Gasteiger partial charge in [-0.2, -0.15) is 0 Å². The van der Waals surface area contributed by atoms with Gasteiger partial charge in [-0.3, -0.25) is 14.8 Å². The van der Waals surface area contributed by atoms with Crippen molar-refractivity contribution in [2.24, 2.45) is 0 Å². The molecule has 0 fully saturated rings. The van der Waals surface area contributed by atoms with E-state index in [2.05, 4.69) is 0 Å². The number of carbonyl (C=O) groups is 2. The zero-order valence-electron chi connectivity index (χ0n) is 8.51. The third-order valence-corrected chi connectivity index (χ3v) is 1.93. The van der Waals surface area contributed by atoms with Crippen LogP contribution in [0.2, 0.25) is 0 Å². The summed E-state index contributed by atoms with van der Waals surface area (Å²) in [7, 11) is 0. The van der Waals surface area contributed by atoms with Crippen LogP contribution in [-0.2, 0) is 4.79 Å². The minimum atomic E-state index is -0.489. The molecule has 0 aliphatic carbocycles. The Morgan fingerprint density at radius 3 is 2.40 bits per heavy atom. The van der Waals surface area contributed by atoms with Gasteiger partial charge in [0, 0.05) is 12.0 Å². The van der Waals surface area contributed by atoms with Gasteiger partial charge in [0.15, 0.2) is 0 Å². The van der Waals surface area contributed by atoms with Crippen LogP contribution in [0.25, 0.3) is 0 Å². The molecule has 0 saturated heterocycles. The molecule has 0 aliphatic rings. The van der Waals surface area contributed by atoms with Gasteiger partial charge < -0.3 is 0 Å². The Kier molecular flexibility index (Phi) is 4.00. The summed E-state index contributed by atoms with van der Waals surface area (Å²) in [5.41, 5.74) is 0.406. The van der Waals surface area contributed by atoms with Gasteiger partial charge in [-0.25, -0.2) is 5.06 Å². The summed E-state index contributed by atoms with van der Waals surface area (Å²) in [6.07, 6.45) is 0.162. The molecule has 0 bridgehead atoms. The van der Waals surface area contributed by atoms with E-state index in [1.54, 1.807) is 30.3 Å². The number of nitrogens with zero attached hydrogens (tertiary/aromatic N) is 1. The van der Waals surface area contributed by atoms with Crippen molar-refractivity contribution in [2.75, 3.05) is 6.54 Å². The molecule has 0 saturated carbocycles. The standard InChI is InChI=1S/C11H13NO3/c1-9(13)7-8-12(15)11(14)10-5-3-2-4-6-10/h2-6,15H,7-8H2,1H3. The number of hydrogen-bond donors (Lipinski definition) is 1. The lowest BCUT2D eigenvalue weighted by atomic mass is 10.2. The fourth-order valence-electron chi connectivity index (χ4n) is 1.09. The summed E-state index contributed by atoms with van der Waals surface area (Å²) in [4.78, 5) is 22.2. The van der Waals surface area contributed by atoms with Crippen LogP contribution in [-0.4, -0.2) is 28.5 Å². The Morgan fingerprint density at radius 1 is 1.27 bits per heavy atom. The topological polar surface area (TPSA) is 57.6 Å². The molecule has 1 aromatic rings. The predicted molar refractivity (Wildman–Crippen MR) is 54.6 cm³/mol. The number of hydroxylamine groups is 2. The van der Waals surface area contributed by atoms with E-state index in [4.69, 9.17) is 0 Å². The minimum Gasteiger partial charge on any atom is -0.300 e. The van der Waals surface area contributed by atoms with Crippen LogP contribution in [0.5, 0.6) is 0 Å².